The maximum atomic E-state index is 4.55. The number of hydrogen-bond acceptors (Lipinski definition) is 5. The molecule has 1 saturated heterocycles. The molecule has 3 unspecified atom stereocenters. The molecular formula is C18H26N6. The van der Waals surface area contributed by atoms with E-state index in [-0.39, 0.29) is 0 Å². The van der Waals surface area contributed by atoms with Crippen molar-refractivity contribution in [3.05, 3.63) is 17.6 Å². The molecule has 2 saturated carbocycles. The first kappa shape index (κ1) is 14.6. The first-order valence-corrected chi connectivity index (χ1v) is 9.36. The smallest absolute Gasteiger partial charge is 0.254 e. The highest BCUT2D eigenvalue weighted by molar-refractivity contribution is 5.54. The number of aryl methyl sites for hydroxylation is 1. The van der Waals surface area contributed by atoms with Crippen LogP contribution in [0, 0.1) is 25.7 Å². The molecule has 2 aromatic rings. The Morgan fingerprint density at radius 2 is 1.88 bits per heavy atom. The lowest BCUT2D eigenvalue weighted by atomic mass is 9.93. The zero-order valence-electron chi connectivity index (χ0n) is 14.6. The van der Waals surface area contributed by atoms with E-state index in [0.29, 0.717) is 5.78 Å². The lowest BCUT2D eigenvalue weighted by Crippen LogP contribution is -2.52. The SMILES string of the molecule is Cc1nc2ncnn2c(N2CCN(C3CC4CCC3C4)CC2)c1C. The van der Waals surface area contributed by atoms with Gasteiger partial charge in [-0.2, -0.15) is 14.6 Å². The number of nitrogens with zero attached hydrogens (tertiary/aromatic N) is 6. The third kappa shape index (κ3) is 2.15. The quantitative estimate of drug-likeness (QED) is 0.845. The van der Waals surface area contributed by atoms with Gasteiger partial charge in [-0.3, -0.25) is 4.90 Å². The number of piperazine rings is 1. The van der Waals surface area contributed by atoms with Crippen LogP contribution in [0.3, 0.4) is 0 Å². The predicted octanol–water partition coefficient (Wildman–Crippen LogP) is 2.05. The van der Waals surface area contributed by atoms with Crippen molar-refractivity contribution >= 4 is 11.6 Å². The molecule has 0 amide bonds. The van der Waals surface area contributed by atoms with Crippen molar-refractivity contribution in [1.29, 1.82) is 0 Å². The van der Waals surface area contributed by atoms with E-state index in [1.54, 1.807) is 6.33 Å². The van der Waals surface area contributed by atoms with Crippen molar-refractivity contribution in [3.8, 4) is 0 Å². The van der Waals surface area contributed by atoms with Gasteiger partial charge in [-0.25, -0.2) is 4.98 Å². The summed E-state index contributed by atoms with van der Waals surface area (Å²) in [5.74, 6) is 3.90. The highest BCUT2D eigenvalue weighted by Gasteiger charge is 2.42. The second kappa shape index (κ2) is 5.41. The first-order chi connectivity index (χ1) is 11.7. The van der Waals surface area contributed by atoms with Gasteiger partial charge in [0.05, 0.1) is 0 Å². The maximum absolute atomic E-state index is 4.55. The van der Waals surface area contributed by atoms with Crippen LogP contribution >= 0.6 is 0 Å². The largest absolute Gasteiger partial charge is 0.354 e. The molecule has 3 heterocycles. The van der Waals surface area contributed by atoms with Crippen LogP contribution in [0.15, 0.2) is 6.33 Å². The van der Waals surface area contributed by atoms with E-state index in [1.165, 1.54) is 50.2 Å². The summed E-state index contributed by atoms with van der Waals surface area (Å²) < 4.78 is 1.91. The molecule has 1 aliphatic heterocycles. The van der Waals surface area contributed by atoms with Crippen LogP contribution < -0.4 is 4.90 Å². The standard InChI is InChI=1S/C18H26N6/c1-12-13(2)21-18-19-11-20-24(18)17(12)23-7-5-22(6-8-23)16-10-14-3-4-15(16)9-14/h11,14-16H,3-10H2,1-2H3. The summed E-state index contributed by atoms with van der Waals surface area (Å²) in [5, 5.41) is 4.41. The summed E-state index contributed by atoms with van der Waals surface area (Å²) in [6.45, 7) is 8.72. The molecule has 128 valence electrons. The monoisotopic (exact) mass is 326 g/mol. The molecule has 24 heavy (non-hydrogen) atoms. The Hall–Kier alpha value is -1.69. The van der Waals surface area contributed by atoms with Gasteiger partial charge < -0.3 is 4.90 Å². The Kier molecular flexibility index (Phi) is 3.30. The Labute approximate surface area is 142 Å². The van der Waals surface area contributed by atoms with Crippen LogP contribution in [0.2, 0.25) is 0 Å². The Morgan fingerprint density at radius 3 is 2.58 bits per heavy atom. The Morgan fingerprint density at radius 1 is 1.04 bits per heavy atom. The summed E-state index contributed by atoms with van der Waals surface area (Å²) in [6.07, 6.45) is 7.51. The molecule has 6 heteroatoms. The van der Waals surface area contributed by atoms with Crippen LogP contribution in [0.1, 0.15) is 36.9 Å². The normalized spacial score (nSPS) is 30.6. The van der Waals surface area contributed by atoms with Crippen molar-refractivity contribution < 1.29 is 0 Å². The van der Waals surface area contributed by atoms with Gasteiger partial charge in [0, 0.05) is 43.5 Å². The third-order valence-corrected chi connectivity index (χ3v) is 6.66. The highest BCUT2D eigenvalue weighted by Crippen LogP contribution is 2.46. The van der Waals surface area contributed by atoms with Crippen LogP contribution in [0.4, 0.5) is 5.82 Å². The van der Waals surface area contributed by atoms with Gasteiger partial charge in [-0.15, -0.1) is 0 Å². The van der Waals surface area contributed by atoms with Crippen LogP contribution in [-0.4, -0.2) is 56.7 Å². The summed E-state index contributed by atoms with van der Waals surface area (Å²) in [6, 6.07) is 0.859. The van der Waals surface area contributed by atoms with E-state index in [2.05, 4.69) is 38.7 Å². The summed E-state index contributed by atoms with van der Waals surface area (Å²) >= 11 is 0. The molecule has 0 radical (unpaired) electrons. The fourth-order valence-electron chi connectivity index (χ4n) is 5.31. The van der Waals surface area contributed by atoms with Gasteiger partial charge in [0.25, 0.3) is 5.78 Å². The third-order valence-electron chi connectivity index (χ3n) is 6.66. The fourth-order valence-corrected chi connectivity index (χ4v) is 5.31. The second-order valence-corrected chi connectivity index (χ2v) is 7.88. The van der Waals surface area contributed by atoms with Crippen LogP contribution in [-0.2, 0) is 0 Å². The van der Waals surface area contributed by atoms with E-state index < -0.39 is 0 Å². The molecule has 3 fully saturated rings. The number of anilines is 1. The zero-order chi connectivity index (χ0) is 16.3. The van der Waals surface area contributed by atoms with Gasteiger partial charge >= 0.3 is 0 Å². The zero-order valence-corrected chi connectivity index (χ0v) is 14.6. The van der Waals surface area contributed by atoms with E-state index in [9.17, 15) is 0 Å². The van der Waals surface area contributed by atoms with E-state index in [1.807, 2.05) is 4.52 Å². The maximum Gasteiger partial charge on any atom is 0.254 e. The van der Waals surface area contributed by atoms with E-state index >= 15 is 0 Å². The van der Waals surface area contributed by atoms with Crippen molar-refractivity contribution in [2.24, 2.45) is 11.8 Å². The van der Waals surface area contributed by atoms with Crippen molar-refractivity contribution in [2.75, 3.05) is 31.1 Å². The molecule has 2 aromatic heterocycles. The van der Waals surface area contributed by atoms with Crippen LogP contribution in [0.25, 0.3) is 5.78 Å². The molecule has 3 aliphatic rings. The average molecular weight is 326 g/mol. The van der Waals surface area contributed by atoms with Crippen molar-refractivity contribution in [2.45, 2.75) is 45.6 Å². The van der Waals surface area contributed by atoms with Gasteiger partial charge in [0.2, 0.25) is 0 Å². The Balaban J connectivity index is 1.37. The predicted molar refractivity (Wildman–Crippen MR) is 93.3 cm³/mol. The molecule has 0 spiro atoms. The minimum Gasteiger partial charge on any atom is -0.354 e. The summed E-state index contributed by atoms with van der Waals surface area (Å²) in [7, 11) is 0. The number of hydrogen-bond donors (Lipinski definition) is 0. The fraction of sp³-hybridized carbons (Fsp3) is 0.722. The molecule has 2 bridgehead atoms. The van der Waals surface area contributed by atoms with Crippen LogP contribution in [0.5, 0.6) is 0 Å². The summed E-state index contributed by atoms with van der Waals surface area (Å²) in [4.78, 5) is 14.1. The minimum atomic E-state index is 0.712. The molecule has 5 rings (SSSR count). The second-order valence-electron chi connectivity index (χ2n) is 7.88. The molecular weight excluding hydrogens is 300 g/mol. The molecule has 0 aromatic carbocycles. The number of fused-ring (bicyclic) bond motifs is 3. The van der Waals surface area contributed by atoms with Gasteiger partial charge in [0.15, 0.2) is 0 Å². The molecule has 2 aliphatic carbocycles. The lowest BCUT2D eigenvalue weighted by molar-refractivity contribution is 0.134. The van der Waals surface area contributed by atoms with Gasteiger partial charge in [0.1, 0.15) is 12.1 Å². The average Bonchev–Trinajstić information content (AvgIpc) is 3.32. The van der Waals surface area contributed by atoms with Crippen molar-refractivity contribution in [1.82, 2.24) is 24.5 Å². The number of rotatable bonds is 2. The minimum absolute atomic E-state index is 0.712. The first-order valence-electron chi connectivity index (χ1n) is 9.36. The molecule has 0 N–H and O–H groups in total. The topological polar surface area (TPSA) is 49.6 Å². The highest BCUT2D eigenvalue weighted by atomic mass is 15.4. The van der Waals surface area contributed by atoms with Crippen molar-refractivity contribution in [3.63, 3.8) is 0 Å². The lowest BCUT2D eigenvalue weighted by Gasteiger charge is -2.42. The summed E-state index contributed by atoms with van der Waals surface area (Å²) in [5.41, 5.74) is 2.28. The van der Waals surface area contributed by atoms with E-state index in [4.69, 9.17) is 0 Å². The van der Waals surface area contributed by atoms with Gasteiger partial charge in [-0.05, 0) is 44.9 Å². The molecule has 3 atom stereocenters. The molecule has 6 nitrogen and oxygen atoms in total. The van der Waals surface area contributed by atoms with Gasteiger partial charge in [-0.1, -0.05) is 6.42 Å². The van der Waals surface area contributed by atoms with E-state index in [0.717, 1.165) is 36.7 Å². The Bertz CT molecular complexity index is 760. The number of aromatic nitrogens is 4.